The summed E-state index contributed by atoms with van der Waals surface area (Å²) in [5.74, 6) is -1.10. The van der Waals surface area contributed by atoms with Gasteiger partial charge in [0.15, 0.2) is 5.78 Å². The van der Waals surface area contributed by atoms with E-state index in [1.165, 1.54) is 0 Å². The van der Waals surface area contributed by atoms with E-state index in [9.17, 15) is 14.4 Å². The van der Waals surface area contributed by atoms with Gasteiger partial charge in [-0.3, -0.25) is 19.3 Å². The van der Waals surface area contributed by atoms with E-state index in [1.54, 1.807) is 30.5 Å². The molecule has 0 aliphatic carbocycles. The molecule has 4 rings (SSSR count). The highest BCUT2D eigenvalue weighted by Crippen LogP contribution is 2.24. The summed E-state index contributed by atoms with van der Waals surface area (Å²) >= 11 is 0. The Labute approximate surface area is 131 Å². The number of carbonyl (C=O) groups excluding carboxylic acids is 3. The van der Waals surface area contributed by atoms with E-state index < -0.39 is 11.8 Å². The number of H-pyrrole nitrogens is 1. The molecule has 5 heteroatoms. The van der Waals surface area contributed by atoms with Crippen molar-refractivity contribution in [2.75, 3.05) is 6.54 Å². The van der Waals surface area contributed by atoms with E-state index in [0.717, 1.165) is 15.8 Å². The van der Waals surface area contributed by atoms with Gasteiger partial charge < -0.3 is 4.98 Å². The number of para-hydroxylation sites is 1. The molecule has 1 aromatic heterocycles. The number of nitrogens with one attached hydrogen (secondary N) is 1. The smallest absolute Gasteiger partial charge is 0.261 e. The number of carbonyl (C=O) groups is 3. The number of benzene rings is 2. The number of hydrogen-bond donors (Lipinski definition) is 1. The summed E-state index contributed by atoms with van der Waals surface area (Å²) in [6, 6.07) is 14.0. The number of ketones is 1. The van der Waals surface area contributed by atoms with Crippen molar-refractivity contribution in [3.05, 3.63) is 71.4 Å². The van der Waals surface area contributed by atoms with E-state index >= 15 is 0 Å². The van der Waals surface area contributed by atoms with Crippen LogP contribution in [0.1, 0.15) is 31.1 Å². The number of nitrogens with zero attached hydrogens (tertiary/aromatic N) is 1. The van der Waals surface area contributed by atoms with E-state index in [0.29, 0.717) is 16.7 Å². The number of aromatic nitrogens is 1. The number of imide groups is 1. The second-order valence-electron chi connectivity index (χ2n) is 5.41. The third kappa shape index (κ3) is 1.97. The fourth-order valence-corrected chi connectivity index (χ4v) is 2.91. The predicted molar refractivity (Wildman–Crippen MR) is 84.4 cm³/mol. The Morgan fingerprint density at radius 1 is 0.913 bits per heavy atom. The number of amides is 2. The first-order valence-corrected chi connectivity index (χ1v) is 7.21. The van der Waals surface area contributed by atoms with Crippen LogP contribution in [0.2, 0.25) is 0 Å². The minimum absolute atomic E-state index is 0.256. The SMILES string of the molecule is O=C(CN1C(=O)c2ccccc2C1=O)c1c[nH]c2ccccc12. The monoisotopic (exact) mass is 304 g/mol. The molecule has 1 aliphatic heterocycles. The van der Waals surface area contributed by atoms with Gasteiger partial charge in [0.1, 0.15) is 0 Å². The Kier molecular flexibility index (Phi) is 2.87. The number of fused-ring (bicyclic) bond motifs is 2. The summed E-state index contributed by atoms with van der Waals surface area (Å²) in [4.78, 5) is 41.2. The van der Waals surface area contributed by atoms with Crippen LogP contribution in [0.25, 0.3) is 10.9 Å². The molecule has 0 saturated heterocycles. The van der Waals surface area contributed by atoms with Crippen LogP contribution in [-0.4, -0.2) is 34.0 Å². The molecule has 0 radical (unpaired) electrons. The summed E-state index contributed by atoms with van der Waals surface area (Å²) in [6.07, 6.45) is 1.62. The van der Waals surface area contributed by atoms with Crippen LogP contribution >= 0.6 is 0 Å². The first kappa shape index (κ1) is 13.5. The minimum atomic E-state index is -0.418. The van der Waals surface area contributed by atoms with E-state index in [2.05, 4.69) is 4.98 Å². The molecular formula is C18H12N2O3. The van der Waals surface area contributed by atoms with Crippen LogP contribution in [-0.2, 0) is 0 Å². The van der Waals surface area contributed by atoms with Gasteiger partial charge in [-0.1, -0.05) is 30.3 Å². The lowest BCUT2D eigenvalue weighted by Crippen LogP contribution is -2.34. The molecule has 0 atom stereocenters. The second kappa shape index (κ2) is 4.91. The van der Waals surface area contributed by atoms with Gasteiger partial charge in [0.05, 0.1) is 17.7 Å². The number of rotatable bonds is 3. The average Bonchev–Trinajstić information content (AvgIpc) is 3.11. The molecule has 23 heavy (non-hydrogen) atoms. The number of Topliss-reactive ketones (excluding diaryl/α,β-unsaturated/α-hetero) is 1. The molecule has 3 aromatic rings. The standard InChI is InChI=1S/C18H12N2O3/c21-16(14-9-19-15-8-4-3-5-11(14)15)10-20-17(22)12-6-1-2-7-13(12)18(20)23/h1-9,19H,10H2. The lowest BCUT2D eigenvalue weighted by atomic mass is 10.1. The van der Waals surface area contributed by atoms with Gasteiger partial charge in [-0.15, -0.1) is 0 Å². The van der Waals surface area contributed by atoms with E-state index in [4.69, 9.17) is 0 Å². The first-order valence-electron chi connectivity index (χ1n) is 7.21. The van der Waals surface area contributed by atoms with Crippen molar-refractivity contribution in [2.24, 2.45) is 0 Å². The predicted octanol–water partition coefficient (Wildman–Crippen LogP) is 2.65. The lowest BCUT2D eigenvalue weighted by Gasteiger charge is -2.12. The summed E-state index contributed by atoms with van der Waals surface area (Å²) < 4.78 is 0. The van der Waals surface area contributed by atoms with Crippen molar-refractivity contribution in [3.8, 4) is 0 Å². The average molecular weight is 304 g/mol. The van der Waals surface area contributed by atoms with Gasteiger partial charge >= 0.3 is 0 Å². The summed E-state index contributed by atoms with van der Waals surface area (Å²) in [5.41, 5.74) is 2.03. The highest BCUT2D eigenvalue weighted by atomic mass is 16.2. The van der Waals surface area contributed by atoms with Gasteiger partial charge in [0.2, 0.25) is 0 Å². The molecule has 1 N–H and O–H groups in total. The van der Waals surface area contributed by atoms with E-state index in [1.807, 2.05) is 24.3 Å². The van der Waals surface area contributed by atoms with Gasteiger partial charge in [-0.05, 0) is 18.2 Å². The Hall–Kier alpha value is -3.21. The van der Waals surface area contributed by atoms with Crippen LogP contribution in [0, 0.1) is 0 Å². The van der Waals surface area contributed by atoms with Crippen LogP contribution < -0.4 is 0 Å². The normalized spacial score (nSPS) is 13.7. The molecule has 1 aliphatic rings. The van der Waals surface area contributed by atoms with Crippen molar-refractivity contribution in [3.63, 3.8) is 0 Å². The first-order chi connectivity index (χ1) is 11.2. The summed E-state index contributed by atoms with van der Waals surface area (Å²) in [7, 11) is 0. The Morgan fingerprint density at radius 2 is 1.52 bits per heavy atom. The molecule has 112 valence electrons. The van der Waals surface area contributed by atoms with Crippen molar-refractivity contribution in [1.29, 1.82) is 0 Å². The molecule has 2 heterocycles. The topological polar surface area (TPSA) is 70.2 Å². The molecule has 5 nitrogen and oxygen atoms in total. The Morgan fingerprint density at radius 3 is 2.22 bits per heavy atom. The molecule has 0 fully saturated rings. The quantitative estimate of drug-likeness (QED) is 0.597. The molecule has 0 spiro atoms. The maximum atomic E-state index is 12.6. The molecule has 0 saturated carbocycles. The highest BCUT2D eigenvalue weighted by Gasteiger charge is 2.36. The molecular weight excluding hydrogens is 292 g/mol. The van der Waals surface area contributed by atoms with Crippen LogP contribution in [0.5, 0.6) is 0 Å². The maximum absolute atomic E-state index is 12.6. The Bertz CT molecular complexity index is 936. The van der Waals surface area contributed by atoms with Crippen molar-refractivity contribution in [1.82, 2.24) is 9.88 Å². The summed E-state index contributed by atoms with van der Waals surface area (Å²) in [5, 5.41) is 0.786. The zero-order chi connectivity index (χ0) is 16.0. The third-order valence-corrected chi connectivity index (χ3v) is 4.07. The molecule has 0 unspecified atom stereocenters. The molecule has 2 amide bonds. The maximum Gasteiger partial charge on any atom is 0.261 e. The third-order valence-electron chi connectivity index (χ3n) is 4.07. The molecule has 2 aromatic carbocycles. The lowest BCUT2D eigenvalue weighted by molar-refractivity contribution is 0.0624. The van der Waals surface area contributed by atoms with Crippen LogP contribution in [0.15, 0.2) is 54.7 Å². The second-order valence-corrected chi connectivity index (χ2v) is 5.41. The minimum Gasteiger partial charge on any atom is -0.360 e. The van der Waals surface area contributed by atoms with Crippen LogP contribution in [0.4, 0.5) is 0 Å². The number of hydrogen-bond acceptors (Lipinski definition) is 3. The largest absolute Gasteiger partial charge is 0.360 e. The van der Waals surface area contributed by atoms with Crippen molar-refractivity contribution in [2.45, 2.75) is 0 Å². The fraction of sp³-hybridized carbons (Fsp3) is 0.0556. The zero-order valence-electron chi connectivity index (χ0n) is 12.1. The highest BCUT2D eigenvalue weighted by molar-refractivity contribution is 6.23. The van der Waals surface area contributed by atoms with E-state index in [-0.39, 0.29) is 12.3 Å². The van der Waals surface area contributed by atoms with Gasteiger partial charge in [0, 0.05) is 22.7 Å². The fourth-order valence-electron chi connectivity index (χ4n) is 2.91. The number of aromatic amines is 1. The summed E-state index contributed by atoms with van der Waals surface area (Å²) in [6.45, 7) is -0.256. The van der Waals surface area contributed by atoms with Gasteiger partial charge in [-0.2, -0.15) is 0 Å². The van der Waals surface area contributed by atoms with Crippen molar-refractivity contribution < 1.29 is 14.4 Å². The van der Waals surface area contributed by atoms with Gasteiger partial charge in [-0.25, -0.2) is 0 Å². The Balaban J connectivity index is 1.65. The molecule has 0 bridgehead atoms. The van der Waals surface area contributed by atoms with Crippen molar-refractivity contribution >= 4 is 28.5 Å². The zero-order valence-corrected chi connectivity index (χ0v) is 12.1. The van der Waals surface area contributed by atoms with Gasteiger partial charge in [0.25, 0.3) is 11.8 Å². The van der Waals surface area contributed by atoms with Crippen LogP contribution in [0.3, 0.4) is 0 Å².